The number of hydrogen-bond acceptors (Lipinski definition) is 6. The average molecular weight is 490 g/mol. The van der Waals surface area contributed by atoms with E-state index in [-0.39, 0.29) is 24.1 Å². The lowest BCUT2D eigenvalue weighted by Crippen LogP contribution is -2.56. The van der Waals surface area contributed by atoms with Crippen LogP contribution in [0.1, 0.15) is 34.6 Å². The summed E-state index contributed by atoms with van der Waals surface area (Å²) in [6.07, 6.45) is 7.55. The van der Waals surface area contributed by atoms with Crippen LogP contribution in [0.4, 0.5) is 4.79 Å². The van der Waals surface area contributed by atoms with E-state index in [4.69, 9.17) is 9.47 Å². The van der Waals surface area contributed by atoms with Crippen molar-refractivity contribution in [3.63, 3.8) is 0 Å². The summed E-state index contributed by atoms with van der Waals surface area (Å²) in [4.78, 5) is 19.7. The number of rotatable bonds is 3. The Hall–Kier alpha value is -4.48. The van der Waals surface area contributed by atoms with Gasteiger partial charge in [0.05, 0.1) is 31.5 Å². The van der Waals surface area contributed by atoms with Gasteiger partial charge in [0.1, 0.15) is 18.2 Å². The number of ether oxygens (including phenoxy) is 2. The summed E-state index contributed by atoms with van der Waals surface area (Å²) in [5.74, 6) is 0.0218. The minimum atomic E-state index is -0.310. The molecule has 37 heavy (non-hydrogen) atoms. The van der Waals surface area contributed by atoms with Crippen molar-refractivity contribution in [2.24, 2.45) is 0 Å². The molecule has 0 radical (unpaired) electrons. The number of carbonyl (C=O) groups is 1. The number of fused-ring (bicyclic) bond motifs is 6. The third kappa shape index (κ3) is 3.51. The van der Waals surface area contributed by atoms with Crippen LogP contribution < -0.4 is 0 Å². The standard InChI is InChI=1S/C29H23N5O3/c30-11-19-13-32-33-14-20(12-31-28(19)33)18-9-21-15-36-16-22(10-18)34(21)29(35)37-17-27-25-7-3-1-5-23(25)24-6-2-4-8-26(24)27/h1-9,12-14,21-22,27H,10,15-17H2. The molecule has 0 N–H and O–H groups in total. The van der Waals surface area contributed by atoms with Gasteiger partial charge in [0.25, 0.3) is 0 Å². The zero-order valence-corrected chi connectivity index (χ0v) is 19.9. The van der Waals surface area contributed by atoms with Crippen LogP contribution in [0, 0.1) is 11.3 Å². The van der Waals surface area contributed by atoms with Gasteiger partial charge in [0.2, 0.25) is 0 Å². The van der Waals surface area contributed by atoms with Crippen molar-refractivity contribution in [3.8, 4) is 17.2 Å². The maximum atomic E-state index is 13.4. The van der Waals surface area contributed by atoms with Gasteiger partial charge in [-0.05, 0) is 34.2 Å². The fourth-order valence-electron chi connectivity index (χ4n) is 5.88. The van der Waals surface area contributed by atoms with Gasteiger partial charge >= 0.3 is 6.09 Å². The molecule has 4 heterocycles. The lowest BCUT2D eigenvalue weighted by molar-refractivity contribution is -0.0331. The predicted molar refractivity (Wildman–Crippen MR) is 136 cm³/mol. The number of morpholine rings is 1. The monoisotopic (exact) mass is 489 g/mol. The molecule has 2 bridgehead atoms. The molecule has 2 atom stereocenters. The molecule has 1 aliphatic carbocycles. The topological polar surface area (TPSA) is 92.8 Å². The fraction of sp³-hybridized carbons (Fsp3) is 0.241. The molecule has 1 saturated heterocycles. The molecule has 1 fully saturated rings. The van der Waals surface area contributed by atoms with E-state index in [2.05, 4.69) is 46.5 Å². The molecule has 0 saturated carbocycles. The first kappa shape index (κ1) is 21.8. The number of carbonyl (C=O) groups excluding carboxylic acids is 1. The van der Waals surface area contributed by atoms with E-state index >= 15 is 0 Å². The van der Waals surface area contributed by atoms with Gasteiger partial charge in [0.15, 0.2) is 5.65 Å². The summed E-state index contributed by atoms with van der Waals surface area (Å²) in [5.41, 5.74) is 7.79. The van der Waals surface area contributed by atoms with Crippen LogP contribution in [0.5, 0.6) is 0 Å². The van der Waals surface area contributed by atoms with Crippen LogP contribution in [0.3, 0.4) is 0 Å². The van der Waals surface area contributed by atoms with E-state index in [1.165, 1.54) is 28.5 Å². The normalized spacial score (nSPS) is 20.2. The van der Waals surface area contributed by atoms with Gasteiger partial charge in [-0.1, -0.05) is 54.6 Å². The number of nitrogens with zero attached hydrogens (tertiary/aromatic N) is 5. The Balaban J connectivity index is 1.12. The maximum absolute atomic E-state index is 13.4. The molecule has 2 aromatic carbocycles. The smallest absolute Gasteiger partial charge is 0.410 e. The molecule has 8 heteroatoms. The van der Waals surface area contributed by atoms with Gasteiger partial charge in [-0.15, -0.1) is 0 Å². The molecule has 1 amide bonds. The Morgan fingerprint density at radius 3 is 2.57 bits per heavy atom. The first-order valence-corrected chi connectivity index (χ1v) is 12.4. The summed E-state index contributed by atoms with van der Waals surface area (Å²) < 4.78 is 13.4. The minimum Gasteiger partial charge on any atom is -0.448 e. The van der Waals surface area contributed by atoms with Gasteiger partial charge in [-0.2, -0.15) is 10.4 Å². The third-order valence-electron chi connectivity index (χ3n) is 7.59. The average Bonchev–Trinajstić information content (AvgIpc) is 3.49. The Morgan fingerprint density at radius 2 is 1.84 bits per heavy atom. The Labute approximate surface area is 213 Å². The predicted octanol–water partition coefficient (Wildman–Crippen LogP) is 4.41. The van der Waals surface area contributed by atoms with Crippen molar-refractivity contribution in [1.82, 2.24) is 19.5 Å². The van der Waals surface area contributed by atoms with E-state index < -0.39 is 0 Å². The van der Waals surface area contributed by atoms with Crippen LogP contribution in [0.15, 0.2) is 73.2 Å². The Bertz CT molecular complexity index is 1570. The Morgan fingerprint density at radius 1 is 1.08 bits per heavy atom. The minimum absolute atomic E-state index is 0.0218. The summed E-state index contributed by atoms with van der Waals surface area (Å²) in [6, 6.07) is 18.4. The maximum Gasteiger partial charge on any atom is 0.410 e. The zero-order chi connectivity index (χ0) is 24.9. The quantitative estimate of drug-likeness (QED) is 0.423. The highest BCUT2D eigenvalue weighted by Crippen LogP contribution is 2.44. The highest BCUT2D eigenvalue weighted by molar-refractivity contribution is 5.79. The first-order chi connectivity index (χ1) is 18.2. The summed E-state index contributed by atoms with van der Waals surface area (Å²) in [6.45, 7) is 1.16. The first-order valence-electron chi connectivity index (χ1n) is 12.4. The molecule has 7 rings (SSSR count). The number of aromatic nitrogens is 3. The number of benzene rings is 2. The summed E-state index contributed by atoms with van der Waals surface area (Å²) in [5, 5.41) is 13.5. The van der Waals surface area contributed by atoms with E-state index in [0.29, 0.717) is 37.5 Å². The van der Waals surface area contributed by atoms with E-state index in [9.17, 15) is 10.1 Å². The lowest BCUT2D eigenvalue weighted by Gasteiger charge is -2.43. The van der Waals surface area contributed by atoms with Crippen LogP contribution in [0.2, 0.25) is 0 Å². The molecular formula is C29H23N5O3. The van der Waals surface area contributed by atoms with E-state index in [1.54, 1.807) is 10.7 Å². The van der Waals surface area contributed by atoms with Gasteiger partial charge in [0, 0.05) is 23.9 Å². The molecule has 0 spiro atoms. The van der Waals surface area contributed by atoms with Gasteiger partial charge < -0.3 is 9.47 Å². The molecule has 8 nitrogen and oxygen atoms in total. The lowest BCUT2D eigenvalue weighted by atomic mass is 9.91. The molecule has 2 aromatic heterocycles. The van der Waals surface area contributed by atoms with Gasteiger partial charge in [-0.3, -0.25) is 4.90 Å². The highest BCUT2D eigenvalue weighted by Gasteiger charge is 2.40. The molecule has 2 aliphatic heterocycles. The van der Waals surface area contributed by atoms with Crippen molar-refractivity contribution in [2.45, 2.75) is 24.4 Å². The largest absolute Gasteiger partial charge is 0.448 e. The van der Waals surface area contributed by atoms with E-state index in [1.807, 2.05) is 35.4 Å². The highest BCUT2D eigenvalue weighted by atomic mass is 16.6. The van der Waals surface area contributed by atoms with Crippen molar-refractivity contribution >= 4 is 17.3 Å². The van der Waals surface area contributed by atoms with Crippen LogP contribution in [0.25, 0.3) is 22.3 Å². The SMILES string of the molecule is N#Cc1cnn2cc(C3=CC4COCC(C3)N4C(=O)OCC3c4ccccc4-c4ccccc43)cnc12. The molecule has 182 valence electrons. The number of hydrogen-bond donors (Lipinski definition) is 0. The van der Waals surface area contributed by atoms with Crippen molar-refractivity contribution < 1.29 is 14.3 Å². The van der Waals surface area contributed by atoms with Crippen LogP contribution >= 0.6 is 0 Å². The van der Waals surface area contributed by atoms with Crippen LogP contribution in [-0.4, -0.2) is 57.5 Å². The third-order valence-corrected chi connectivity index (χ3v) is 7.59. The molecule has 4 aromatic rings. The zero-order valence-electron chi connectivity index (χ0n) is 19.9. The summed E-state index contributed by atoms with van der Waals surface area (Å²) >= 11 is 0. The molecule has 2 unspecified atom stereocenters. The second-order valence-corrected chi connectivity index (χ2v) is 9.65. The van der Waals surface area contributed by atoms with Crippen molar-refractivity contribution in [1.29, 1.82) is 5.26 Å². The van der Waals surface area contributed by atoms with Crippen LogP contribution in [-0.2, 0) is 9.47 Å². The second kappa shape index (κ2) is 8.57. The summed E-state index contributed by atoms with van der Waals surface area (Å²) in [7, 11) is 0. The van der Waals surface area contributed by atoms with Gasteiger partial charge in [-0.25, -0.2) is 14.3 Å². The molecular weight excluding hydrogens is 466 g/mol. The van der Waals surface area contributed by atoms with E-state index in [0.717, 1.165) is 11.1 Å². The Kier molecular flexibility index (Phi) is 5.05. The number of amides is 1. The second-order valence-electron chi connectivity index (χ2n) is 9.65. The molecule has 3 aliphatic rings. The van der Waals surface area contributed by atoms with Crippen molar-refractivity contribution in [3.05, 3.63) is 95.5 Å². The number of nitriles is 1. The fourth-order valence-corrected chi connectivity index (χ4v) is 5.88. The van der Waals surface area contributed by atoms with Crippen molar-refractivity contribution in [2.75, 3.05) is 19.8 Å².